The van der Waals surface area contributed by atoms with Gasteiger partial charge >= 0.3 is 0 Å². The molecule has 0 unspecified atom stereocenters. The zero-order valence-electron chi connectivity index (χ0n) is 17.9. The number of rotatable bonds is 9. The van der Waals surface area contributed by atoms with Crippen LogP contribution in [-0.4, -0.2) is 33.7 Å². The third-order valence-corrected chi connectivity index (χ3v) is 7.21. The number of ether oxygens (including phenoxy) is 1. The molecule has 0 saturated heterocycles. The molecule has 0 radical (unpaired) electrons. The zero-order valence-corrected chi connectivity index (χ0v) is 19.5. The molecule has 0 aliphatic heterocycles. The number of para-hydroxylation sites is 1. The van der Waals surface area contributed by atoms with E-state index in [-0.39, 0.29) is 22.1 Å². The van der Waals surface area contributed by atoms with E-state index in [4.69, 9.17) is 4.74 Å². The highest BCUT2D eigenvalue weighted by Crippen LogP contribution is 2.31. The molecule has 0 aliphatic rings. The normalized spacial score (nSPS) is 11.3. The minimum absolute atomic E-state index is 0.179. The van der Waals surface area contributed by atoms with Gasteiger partial charge in [-0.25, -0.2) is 8.42 Å². The monoisotopic (exact) mass is 492 g/mol. The highest BCUT2D eigenvalue weighted by Gasteiger charge is 2.21. The summed E-state index contributed by atoms with van der Waals surface area (Å²) in [6, 6.07) is 19.0. The molecular weight excluding hydrogens is 470 g/mol. The highest BCUT2D eigenvalue weighted by atomic mass is 32.2. The molecule has 1 amide bonds. The van der Waals surface area contributed by atoms with Crippen LogP contribution in [0.5, 0.6) is 5.75 Å². The minimum atomic E-state index is -3.72. The lowest BCUT2D eigenvalue weighted by molar-refractivity contribution is -0.118. The standard InChI is InChI=1S/C23H22F2N2O4S2/c1-16-7-13-19(14-8-16)33(29,30)27(2)17-9-11-18(12-10-17)31-15-22(28)26-20-5-3-4-6-21(20)32-23(24)25/h3-14,23H,15H2,1-2H3,(H,26,28). The van der Waals surface area contributed by atoms with Gasteiger partial charge in [-0.15, -0.1) is 0 Å². The summed E-state index contributed by atoms with van der Waals surface area (Å²) in [5.41, 5.74) is 1.65. The quantitative estimate of drug-likeness (QED) is 0.418. The number of hydrogen-bond donors (Lipinski definition) is 1. The largest absolute Gasteiger partial charge is 0.484 e. The third-order valence-electron chi connectivity index (χ3n) is 4.63. The highest BCUT2D eigenvalue weighted by molar-refractivity contribution is 7.99. The lowest BCUT2D eigenvalue weighted by atomic mass is 10.2. The number of anilines is 2. The van der Waals surface area contributed by atoms with E-state index in [1.54, 1.807) is 60.7 Å². The van der Waals surface area contributed by atoms with Crippen LogP contribution in [0, 0.1) is 6.92 Å². The molecule has 1 N–H and O–H groups in total. The summed E-state index contributed by atoms with van der Waals surface area (Å²) >= 11 is 0.344. The number of carbonyl (C=O) groups excluding carboxylic acids is 1. The van der Waals surface area contributed by atoms with Crippen LogP contribution in [0.2, 0.25) is 0 Å². The number of sulfonamides is 1. The van der Waals surface area contributed by atoms with Crippen molar-refractivity contribution < 1.29 is 26.7 Å². The molecule has 174 valence electrons. The first-order valence-electron chi connectivity index (χ1n) is 9.79. The molecule has 0 saturated carbocycles. The maximum absolute atomic E-state index is 12.8. The lowest BCUT2D eigenvalue weighted by Crippen LogP contribution is -2.26. The summed E-state index contributed by atoms with van der Waals surface area (Å²) in [5.74, 6) is -2.77. The van der Waals surface area contributed by atoms with E-state index in [9.17, 15) is 22.0 Å². The molecule has 10 heteroatoms. The van der Waals surface area contributed by atoms with Gasteiger partial charge in [0.1, 0.15) is 5.75 Å². The summed E-state index contributed by atoms with van der Waals surface area (Å²) in [4.78, 5) is 12.6. The van der Waals surface area contributed by atoms with Crippen molar-refractivity contribution in [3.63, 3.8) is 0 Å². The second kappa shape index (κ2) is 10.7. The number of halogens is 2. The number of thioether (sulfide) groups is 1. The molecule has 0 heterocycles. The second-order valence-electron chi connectivity index (χ2n) is 6.99. The molecule has 3 aromatic rings. The maximum atomic E-state index is 12.8. The summed E-state index contributed by atoms with van der Waals surface area (Å²) in [5, 5.41) is 2.55. The fourth-order valence-electron chi connectivity index (χ4n) is 2.86. The van der Waals surface area contributed by atoms with Crippen molar-refractivity contribution in [2.24, 2.45) is 0 Å². The fourth-order valence-corrected chi connectivity index (χ4v) is 4.65. The van der Waals surface area contributed by atoms with Crippen LogP contribution in [0.3, 0.4) is 0 Å². The summed E-state index contributed by atoms with van der Waals surface area (Å²) in [6.45, 7) is 1.53. The lowest BCUT2D eigenvalue weighted by Gasteiger charge is -2.20. The van der Waals surface area contributed by atoms with Crippen LogP contribution in [-0.2, 0) is 14.8 Å². The van der Waals surface area contributed by atoms with Crippen LogP contribution >= 0.6 is 11.8 Å². The van der Waals surface area contributed by atoms with Crippen molar-refractivity contribution in [1.29, 1.82) is 0 Å². The van der Waals surface area contributed by atoms with Gasteiger partial charge in [0.05, 0.1) is 16.3 Å². The molecule has 0 spiro atoms. The Labute approximate surface area is 195 Å². The van der Waals surface area contributed by atoms with Gasteiger partial charge in [-0.2, -0.15) is 8.78 Å². The Balaban J connectivity index is 1.61. The third kappa shape index (κ3) is 6.45. The molecule has 0 fully saturated rings. The number of amides is 1. The van der Waals surface area contributed by atoms with Gasteiger partial charge in [0.15, 0.2) is 6.61 Å². The van der Waals surface area contributed by atoms with Gasteiger partial charge in [-0.3, -0.25) is 9.10 Å². The Morgan fingerprint density at radius 3 is 2.30 bits per heavy atom. The van der Waals surface area contributed by atoms with Gasteiger partial charge in [0, 0.05) is 11.9 Å². The van der Waals surface area contributed by atoms with Crippen molar-refractivity contribution in [1.82, 2.24) is 0 Å². The summed E-state index contributed by atoms with van der Waals surface area (Å²) in [7, 11) is -2.27. The molecular formula is C23H22F2N2O4S2. The van der Waals surface area contributed by atoms with Gasteiger partial charge in [0.2, 0.25) is 0 Å². The molecule has 0 atom stereocenters. The fraction of sp³-hybridized carbons (Fsp3) is 0.174. The zero-order chi connectivity index (χ0) is 24.0. The van der Waals surface area contributed by atoms with Gasteiger partial charge in [0.25, 0.3) is 21.7 Å². The Kier molecular flexibility index (Phi) is 7.93. The van der Waals surface area contributed by atoms with Crippen LogP contribution in [0.4, 0.5) is 20.2 Å². The number of benzene rings is 3. The maximum Gasteiger partial charge on any atom is 0.288 e. The Morgan fingerprint density at radius 2 is 1.67 bits per heavy atom. The summed E-state index contributed by atoms with van der Waals surface area (Å²) in [6.07, 6.45) is 0. The first-order chi connectivity index (χ1) is 15.7. The van der Waals surface area contributed by atoms with Crippen molar-refractivity contribution in [3.8, 4) is 5.75 Å². The number of aryl methyl sites for hydroxylation is 1. The molecule has 0 aliphatic carbocycles. The topological polar surface area (TPSA) is 75.7 Å². The number of alkyl halides is 2. The number of hydrogen-bond acceptors (Lipinski definition) is 5. The van der Waals surface area contributed by atoms with E-state index >= 15 is 0 Å². The smallest absolute Gasteiger partial charge is 0.288 e. The van der Waals surface area contributed by atoms with E-state index in [2.05, 4.69) is 5.32 Å². The number of nitrogens with one attached hydrogen (secondary N) is 1. The average Bonchev–Trinajstić information content (AvgIpc) is 2.79. The first-order valence-corrected chi connectivity index (χ1v) is 12.1. The molecule has 3 rings (SSSR count). The van der Waals surface area contributed by atoms with Gasteiger partial charge < -0.3 is 10.1 Å². The van der Waals surface area contributed by atoms with Crippen LogP contribution in [0.25, 0.3) is 0 Å². The van der Waals surface area contributed by atoms with Gasteiger partial charge in [-0.05, 0) is 55.5 Å². The van der Waals surface area contributed by atoms with E-state index in [0.29, 0.717) is 23.2 Å². The van der Waals surface area contributed by atoms with Crippen molar-refractivity contribution >= 4 is 39.1 Å². The predicted octanol–water partition coefficient (Wildman–Crippen LogP) is 5.15. The first kappa shape index (κ1) is 24.5. The molecule has 33 heavy (non-hydrogen) atoms. The predicted molar refractivity (Wildman–Crippen MR) is 126 cm³/mol. The van der Waals surface area contributed by atoms with Crippen LogP contribution in [0.1, 0.15) is 5.56 Å². The SMILES string of the molecule is Cc1ccc(S(=O)(=O)N(C)c2ccc(OCC(=O)Nc3ccccc3SC(F)F)cc2)cc1. The minimum Gasteiger partial charge on any atom is -0.484 e. The van der Waals surface area contributed by atoms with E-state index < -0.39 is 21.7 Å². The van der Waals surface area contributed by atoms with E-state index in [1.807, 2.05) is 6.92 Å². The van der Waals surface area contributed by atoms with Crippen molar-refractivity contribution in [2.45, 2.75) is 22.5 Å². The van der Waals surface area contributed by atoms with E-state index in [0.717, 1.165) is 9.87 Å². The van der Waals surface area contributed by atoms with Crippen LogP contribution < -0.4 is 14.4 Å². The number of carbonyl (C=O) groups is 1. The van der Waals surface area contributed by atoms with Crippen LogP contribution in [0.15, 0.2) is 82.6 Å². The molecule has 0 aromatic heterocycles. The Hall–Kier alpha value is -3.11. The molecule has 3 aromatic carbocycles. The average molecular weight is 493 g/mol. The Bertz CT molecular complexity index is 1200. The van der Waals surface area contributed by atoms with Crippen molar-refractivity contribution in [2.75, 3.05) is 23.3 Å². The Morgan fingerprint density at radius 1 is 1.03 bits per heavy atom. The molecule has 0 bridgehead atoms. The van der Waals surface area contributed by atoms with Gasteiger partial charge in [-0.1, -0.05) is 41.6 Å². The summed E-state index contributed by atoms with van der Waals surface area (Å²) < 4.78 is 57.5. The second-order valence-corrected chi connectivity index (χ2v) is 9.99. The van der Waals surface area contributed by atoms with E-state index in [1.165, 1.54) is 19.2 Å². The molecule has 6 nitrogen and oxygen atoms in total. The van der Waals surface area contributed by atoms with Crippen molar-refractivity contribution in [3.05, 3.63) is 78.4 Å². The number of nitrogens with zero attached hydrogens (tertiary/aromatic N) is 1.